The van der Waals surface area contributed by atoms with Crippen LogP contribution in [0.5, 0.6) is 11.5 Å². The van der Waals surface area contributed by atoms with Crippen LogP contribution in [0.4, 0.5) is 8.78 Å². The van der Waals surface area contributed by atoms with Crippen LogP contribution >= 0.6 is 11.6 Å². The van der Waals surface area contributed by atoms with Gasteiger partial charge < -0.3 is 9.47 Å². The van der Waals surface area contributed by atoms with Gasteiger partial charge in [-0.15, -0.1) is 8.78 Å². The molecule has 0 spiro atoms. The number of nitrogens with zero attached hydrogens (tertiary/aromatic N) is 1. The third-order valence-electron chi connectivity index (χ3n) is 4.66. The molecule has 1 aromatic heterocycles. The van der Waals surface area contributed by atoms with E-state index in [1.54, 1.807) is 60.7 Å². The topological polar surface area (TPSA) is 64.2 Å². The molecule has 0 radical (unpaired) electrons. The lowest BCUT2D eigenvalue weighted by atomic mass is 9.98. The van der Waals surface area contributed by atoms with Gasteiger partial charge in [-0.3, -0.25) is 4.79 Å². The Hall–Kier alpha value is -3.45. The smallest absolute Gasteiger partial charge is 0.395 e. The van der Waals surface area contributed by atoms with E-state index >= 15 is 0 Å². The molecule has 0 atom stereocenters. The van der Waals surface area contributed by atoms with Gasteiger partial charge in [0.05, 0.1) is 5.39 Å². The number of rotatable bonds is 2. The zero-order valence-corrected chi connectivity index (χ0v) is 15.3. The quantitative estimate of drug-likeness (QED) is 0.489. The Labute approximate surface area is 167 Å². The molecule has 29 heavy (non-hydrogen) atoms. The van der Waals surface area contributed by atoms with Gasteiger partial charge in [-0.1, -0.05) is 41.9 Å². The second-order valence-electron chi connectivity index (χ2n) is 6.44. The number of hydrogen-bond acceptors (Lipinski definition) is 4. The van der Waals surface area contributed by atoms with Crippen molar-refractivity contribution in [3.63, 3.8) is 0 Å². The van der Waals surface area contributed by atoms with E-state index in [-0.39, 0.29) is 22.6 Å². The average molecular weight is 413 g/mol. The molecule has 5 nitrogen and oxygen atoms in total. The highest BCUT2D eigenvalue weighted by atomic mass is 35.5. The van der Waals surface area contributed by atoms with E-state index < -0.39 is 6.29 Å². The van der Waals surface area contributed by atoms with E-state index in [1.807, 2.05) is 0 Å². The molecule has 3 aromatic carbocycles. The lowest BCUT2D eigenvalue weighted by Crippen LogP contribution is -2.26. The van der Waals surface area contributed by atoms with Crippen LogP contribution in [0.25, 0.3) is 33.2 Å². The first kappa shape index (κ1) is 17.6. The van der Waals surface area contributed by atoms with Crippen molar-refractivity contribution in [3.8, 4) is 33.9 Å². The zero-order chi connectivity index (χ0) is 20.2. The minimum atomic E-state index is -3.82. The van der Waals surface area contributed by atoms with E-state index in [2.05, 4.69) is 10.2 Å². The Morgan fingerprint density at radius 3 is 2.21 bits per heavy atom. The Bertz CT molecular complexity index is 1320. The molecule has 1 aliphatic rings. The van der Waals surface area contributed by atoms with Crippen LogP contribution in [-0.4, -0.2) is 16.5 Å². The first-order valence-corrected chi connectivity index (χ1v) is 8.97. The lowest BCUT2D eigenvalue weighted by molar-refractivity contribution is -0.286. The molecule has 4 aromatic rings. The fourth-order valence-electron chi connectivity index (χ4n) is 3.39. The van der Waals surface area contributed by atoms with Gasteiger partial charge in [-0.25, -0.2) is 5.10 Å². The average Bonchev–Trinajstić information content (AvgIpc) is 3.04. The Kier molecular flexibility index (Phi) is 3.82. The molecule has 0 bridgehead atoms. The molecule has 2 heterocycles. The summed E-state index contributed by atoms with van der Waals surface area (Å²) in [5.41, 5.74) is 1.27. The normalized spacial score (nSPS) is 14.3. The minimum absolute atomic E-state index is 0.105. The van der Waals surface area contributed by atoms with Crippen molar-refractivity contribution in [2.24, 2.45) is 0 Å². The number of hydrogen-bond donors (Lipinski definition) is 1. The molecule has 1 N–H and O–H groups in total. The molecule has 0 saturated carbocycles. The van der Waals surface area contributed by atoms with Crippen LogP contribution in [0.1, 0.15) is 0 Å². The van der Waals surface area contributed by atoms with Crippen LogP contribution in [-0.2, 0) is 0 Å². The Morgan fingerprint density at radius 2 is 1.48 bits per heavy atom. The van der Waals surface area contributed by atoms with Gasteiger partial charge in [0, 0.05) is 21.5 Å². The van der Waals surface area contributed by atoms with Crippen molar-refractivity contribution in [1.29, 1.82) is 0 Å². The number of H-pyrrole nitrogens is 1. The summed E-state index contributed by atoms with van der Waals surface area (Å²) in [4.78, 5) is 12.1. The third-order valence-corrected chi connectivity index (χ3v) is 4.91. The van der Waals surface area contributed by atoms with Gasteiger partial charge in [0.2, 0.25) is 0 Å². The number of aromatic amines is 1. The number of aromatic nitrogens is 2. The molecule has 0 saturated heterocycles. The first-order valence-electron chi connectivity index (χ1n) is 8.59. The predicted molar refractivity (Wildman–Crippen MR) is 104 cm³/mol. The van der Waals surface area contributed by atoms with Gasteiger partial charge in [-0.2, -0.15) is 5.10 Å². The van der Waals surface area contributed by atoms with Crippen molar-refractivity contribution in [2.45, 2.75) is 6.29 Å². The predicted octanol–water partition coefficient (Wildman–Crippen LogP) is 5.23. The van der Waals surface area contributed by atoms with E-state index in [0.717, 1.165) is 0 Å². The summed E-state index contributed by atoms with van der Waals surface area (Å²) in [5.74, 6) is -0.251. The lowest BCUT2D eigenvalue weighted by Gasteiger charge is -2.11. The molecular weight excluding hydrogens is 402 g/mol. The summed E-state index contributed by atoms with van der Waals surface area (Å²) in [7, 11) is 0. The van der Waals surface area contributed by atoms with Gasteiger partial charge in [0.15, 0.2) is 11.5 Å². The summed E-state index contributed by atoms with van der Waals surface area (Å²) in [6, 6.07) is 16.7. The molecule has 0 unspecified atom stereocenters. The fraction of sp³-hybridized carbons (Fsp3) is 0.0476. The van der Waals surface area contributed by atoms with E-state index in [9.17, 15) is 13.6 Å². The maximum atomic E-state index is 14.0. The van der Waals surface area contributed by atoms with E-state index in [0.29, 0.717) is 32.6 Å². The standard InChI is InChI=1S/C21H11ClF2N2O3/c22-12-7-5-11(6-8-12)13-9-10-16(19-18(13)28-21(23,24)29-19)17-14-3-1-2-4-15(14)20(27)26-25-17/h1-10H,(H,26,27). The van der Waals surface area contributed by atoms with E-state index in [4.69, 9.17) is 21.1 Å². The summed E-state index contributed by atoms with van der Waals surface area (Å²) < 4.78 is 37.7. The summed E-state index contributed by atoms with van der Waals surface area (Å²) >= 11 is 5.92. The number of benzene rings is 3. The first-order chi connectivity index (χ1) is 13.9. The fourth-order valence-corrected chi connectivity index (χ4v) is 3.51. The van der Waals surface area contributed by atoms with Crippen molar-refractivity contribution in [1.82, 2.24) is 10.2 Å². The Morgan fingerprint density at radius 1 is 0.862 bits per heavy atom. The maximum Gasteiger partial charge on any atom is 0.586 e. The molecular formula is C21H11ClF2N2O3. The monoisotopic (exact) mass is 412 g/mol. The van der Waals surface area contributed by atoms with Crippen LogP contribution < -0.4 is 15.0 Å². The van der Waals surface area contributed by atoms with Gasteiger partial charge >= 0.3 is 6.29 Å². The molecule has 0 aliphatic carbocycles. The third kappa shape index (κ3) is 2.91. The van der Waals surface area contributed by atoms with Crippen molar-refractivity contribution in [2.75, 3.05) is 0 Å². The molecule has 144 valence electrons. The summed E-state index contributed by atoms with van der Waals surface area (Å²) in [6.07, 6.45) is -3.82. The van der Waals surface area contributed by atoms with Crippen LogP contribution in [0, 0.1) is 0 Å². The van der Waals surface area contributed by atoms with Crippen LogP contribution in [0.15, 0.2) is 65.5 Å². The number of alkyl halides is 2. The minimum Gasteiger partial charge on any atom is -0.395 e. The van der Waals surface area contributed by atoms with Crippen molar-refractivity contribution >= 4 is 22.4 Å². The van der Waals surface area contributed by atoms with Gasteiger partial charge in [-0.05, 0) is 35.9 Å². The highest BCUT2D eigenvalue weighted by Crippen LogP contribution is 2.52. The molecule has 1 aliphatic heterocycles. The second kappa shape index (κ2) is 6.28. The SMILES string of the molecule is O=c1[nH]nc(-c2ccc(-c3ccc(Cl)cc3)c3c2OC(F)(F)O3)c2ccccc12. The highest BCUT2D eigenvalue weighted by Gasteiger charge is 2.46. The van der Waals surface area contributed by atoms with Crippen LogP contribution in [0.3, 0.4) is 0 Å². The molecule has 8 heteroatoms. The van der Waals surface area contributed by atoms with Gasteiger partial charge in [0.25, 0.3) is 5.56 Å². The number of fused-ring (bicyclic) bond motifs is 2. The second-order valence-corrected chi connectivity index (χ2v) is 6.88. The summed E-state index contributed by atoms with van der Waals surface area (Å²) in [6.45, 7) is 0. The van der Waals surface area contributed by atoms with E-state index in [1.165, 1.54) is 0 Å². The van der Waals surface area contributed by atoms with Crippen LogP contribution in [0.2, 0.25) is 5.02 Å². The number of halogens is 3. The molecule has 0 amide bonds. The molecule has 5 rings (SSSR count). The van der Waals surface area contributed by atoms with Crippen molar-refractivity contribution < 1.29 is 18.3 Å². The number of nitrogens with one attached hydrogen (secondary N) is 1. The molecule has 0 fully saturated rings. The largest absolute Gasteiger partial charge is 0.586 e. The maximum absolute atomic E-state index is 14.0. The van der Waals surface area contributed by atoms with Crippen molar-refractivity contribution in [3.05, 3.63) is 76.0 Å². The Balaban J connectivity index is 1.77. The highest BCUT2D eigenvalue weighted by molar-refractivity contribution is 6.30. The number of ether oxygens (including phenoxy) is 2. The summed E-state index contributed by atoms with van der Waals surface area (Å²) in [5, 5.41) is 7.90. The van der Waals surface area contributed by atoms with Gasteiger partial charge in [0.1, 0.15) is 5.69 Å². The zero-order valence-electron chi connectivity index (χ0n) is 14.6.